The van der Waals surface area contributed by atoms with Crippen molar-refractivity contribution >= 4 is 0 Å². The smallest absolute Gasteiger partial charge is 0.0657 e. The van der Waals surface area contributed by atoms with Crippen LogP contribution in [-0.2, 0) is 0 Å². The van der Waals surface area contributed by atoms with Crippen molar-refractivity contribution in [2.75, 3.05) is 7.05 Å². The number of rotatable bonds is 1. The summed E-state index contributed by atoms with van der Waals surface area (Å²) >= 11 is 0. The fourth-order valence-corrected chi connectivity index (χ4v) is 4.45. The Morgan fingerprint density at radius 3 is 2.23 bits per heavy atom. The second-order valence-corrected chi connectivity index (χ2v) is 5.51. The van der Waals surface area contributed by atoms with Crippen molar-refractivity contribution in [2.24, 2.45) is 17.8 Å². The van der Waals surface area contributed by atoms with E-state index in [0.717, 1.165) is 37.0 Å². The van der Waals surface area contributed by atoms with Gasteiger partial charge in [-0.1, -0.05) is 0 Å². The van der Waals surface area contributed by atoms with Crippen LogP contribution in [0.5, 0.6) is 0 Å². The normalized spacial score (nSPS) is 58.6. The lowest BCUT2D eigenvalue weighted by Crippen LogP contribution is -2.60. The molecule has 4 saturated carbocycles. The highest BCUT2D eigenvalue weighted by atomic mass is 16.3. The van der Waals surface area contributed by atoms with Gasteiger partial charge in [0, 0.05) is 6.04 Å². The van der Waals surface area contributed by atoms with E-state index in [1.54, 1.807) is 0 Å². The molecule has 0 aliphatic heterocycles. The van der Waals surface area contributed by atoms with Gasteiger partial charge in [0.2, 0.25) is 0 Å². The topological polar surface area (TPSA) is 32.3 Å². The first kappa shape index (κ1) is 8.25. The summed E-state index contributed by atoms with van der Waals surface area (Å²) in [5.74, 6) is 2.37. The van der Waals surface area contributed by atoms with Crippen LogP contribution in [0.4, 0.5) is 0 Å². The van der Waals surface area contributed by atoms with E-state index in [0.29, 0.717) is 6.04 Å². The molecule has 0 saturated heterocycles. The zero-order valence-electron chi connectivity index (χ0n) is 8.29. The van der Waals surface area contributed by atoms with Crippen LogP contribution in [0, 0.1) is 17.8 Å². The maximum atomic E-state index is 10.3. The second-order valence-electron chi connectivity index (χ2n) is 5.51. The van der Waals surface area contributed by atoms with Crippen LogP contribution < -0.4 is 5.32 Å². The zero-order valence-corrected chi connectivity index (χ0v) is 8.29. The van der Waals surface area contributed by atoms with Crippen molar-refractivity contribution in [3.63, 3.8) is 0 Å². The third-order valence-electron chi connectivity index (χ3n) is 4.57. The summed E-state index contributed by atoms with van der Waals surface area (Å²) in [5, 5.41) is 13.7. The third kappa shape index (κ3) is 1.08. The lowest BCUT2D eigenvalue weighted by Gasteiger charge is -2.58. The minimum Gasteiger partial charge on any atom is -0.390 e. The molecule has 2 heteroatoms. The van der Waals surface area contributed by atoms with E-state index in [1.807, 2.05) is 0 Å². The van der Waals surface area contributed by atoms with Crippen molar-refractivity contribution < 1.29 is 5.11 Å². The fraction of sp³-hybridized carbons (Fsp3) is 1.00. The molecular formula is C11H19NO. The Balaban J connectivity index is 1.90. The Labute approximate surface area is 79.7 Å². The molecule has 0 radical (unpaired) electrons. The van der Waals surface area contributed by atoms with Crippen LogP contribution in [0.3, 0.4) is 0 Å². The molecule has 4 unspecified atom stereocenters. The van der Waals surface area contributed by atoms with E-state index >= 15 is 0 Å². The van der Waals surface area contributed by atoms with Gasteiger partial charge in [-0.05, 0) is 56.9 Å². The molecule has 0 amide bonds. The van der Waals surface area contributed by atoms with Gasteiger partial charge in [-0.3, -0.25) is 0 Å². The molecule has 0 heterocycles. The molecule has 4 aliphatic carbocycles. The van der Waals surface area contributed by atoms with Crippen LogP contribution >= 0.6 is 0 Å². The first-order valence-corrected chi connectivity index (χ1v) is 5.60. The average molecular weight is 181 g/mol. The minimum atomic E-state index is -0.260. The Morgan fingerprint density at radius 1 is 1.15 bits per heavy atom. The van der Waals surface area contributed by atoms with Gasteiger partial charge in [-0.15, -0.1) is 0 Å². The molecule has 4 rings (SSSR count). The Kier molecular flexibility index (Phi) is 1.58. The van der Waals surface area contributed by atoms with E-state index in [2.05, 4.69) is 12.4 Å². The first-order chi connectivity index (χ1) is 6.20. The predicted octanol–water partition coefficient (Wildman–Crippen LogP) is 1.15. The van der Waals surface area contributed by atoms with Gasteiger partial charge >= 0.3 is 0 Å². The van der Waals surface area contributed by atoms with Crippen molar-refractivity contribution in [2.45, 2.75) is 43.7 Å². The Bertz CT molecular complexity index is 212. The molecule has 5 atom stereocenters. The van der Waals surface area contributed by atoms with Gasteiger partial charge < -0.3 is 10.4 Å². The second kappa shape index (κ2) is 2.48. The summed E-state index contributed by atoms with van der Waals surface area (Å²) < 4.78 is 0. The van der Waals surface area contributed by atoms with Crippen molar-refractivity contribution in [3.8, 4) is 0 Å². The summed E-state index contributed by atoms with van der Waals surface area (Å²) in [4.78, 5) is 0. The summed E-state index contributed by atoms with van der Waals surface area (Å²) in [6.07, 6.45) is 5.95. The van der Waals surface area contributed by atoms with Crippen LogP contribution in [0.25, 0.3) is 0 Å². The molecule has 13 heavy (non-hydrogen) atoms. The summed E-state index contributed by atoms with van der Waals surface area (Å²) in [6.45, 7) is 0. The molecule has 4 aliphatic rings. The van der Waals surface area contributed by atoms with E-state index in [9.17, 15) is 5.11 Å². The van der Waals surface area contributed by atoms with Crippen molar-refractivity contribution in [1.29, 1.82) is 0 Å². The number of hydrogen-bond donors (Lipinski definition) is 2. The molecule has 0 aromatic heterocycles. The van der Waals surface area contributed by atoms with Gasteiger partial charge in [0.05, 0.1) is 5.60 Å². The molecule has 0 aromatic rings. The summed E-state index contributed by atoms with van der Waals surface area (Å²) in [5.41, 5.74) is -0.260. The molecule has 4 bridgehead atoms. The largest absolute Gasteiger partial charge is 0.390 e. The average Bonchev–Trinajstić information content (AvgIpc) is 2.00. The Hall–Kier alpha value is -0.0800. The minimum absolute atomic E-state index is 0.260. The molecule has 0 spiro atoms. The lowest BCUT2D eigenvalue weighted by atomic mass is 9.52. The molecule has 2 N–H and O–H groups in total. The van der Waals surface area contributed by atoms with E-state index < -0.39 is 0 Å². The highest BCUT2D eigenvalue weighted by Crippen LogP contribution is 2.55. The Morgan fingerprint density at radius 2 is 1.77 bits per heavy atom. The molecule has 2 nitrogen and oxygen atoms in total. The van der Waals surface area contributed by atoms with Crippen molar-refractivity contribution in [3.05, 3.63) is 0 Å². The third-order valence-corrected chi connectivity index (χ3v) is 4.57. The molecule has 74 valence electrons. The molecule has 4 fully saturated rings. The predicted molar refractivity (Wildman–Crippen MR) is 51.4 cm³/mol. The van der Waals surface area contributed by atoms with Crippen LogP contribution in [0.15, 0.2) is 0 Å². The molecular weight excluding hydrogens is 162 g/mol. The van der Waals surface area contributed by atoms with Crippen LogP contribution in [0.1, 0.15) is 32.1 Å². The fourth-order valence-electron chi connectivity index (χ4n) is 4.45. The van der Waals surface area contributed by atoms with Gasteiger partial charge in [0.25, 0.3) is 0 Å². The summed E-state index contributed by atoms with van der Waals surface area (Å²) in [6, 6.07) is 0.705. The standard InChI is InChI=1S/C11H19NO/c1-12-10-8-2-7-3-9(10)6-11(13,4-7)5-8/h7-10,12-13H,2-6H2,1H3/t7?,8-,9?,10?,11?/m0/s1. The quantitative estimate of drug-likeness (QED) is 0.636. The lowest BCUT2D eigenvalue weighted by molar-refractivity contribution is -0.137. The SMILES string of the molecule is CNC1C2CC3C[C@H]1CC(O)(C3)C2. The summed E-state index contributed by atoms with van der Waals surface area (Å²) in [7, 11) is 2.08. The van der Waals surface area contributed by atoms with Gasteiger partial charge in [-0.2, -0.15) is 0 Å². The first-order valence-electron chi connectivity index (χ1n) is 5.60. The van der Waals surface area contributed by atoms with E-state index in [-0.39, 0.29) is 5.60 Å². The monoisotopic (exact) mass is 181 g/mol. The van der Waals surface area contributed by atoms with Crippen molar-refractivity contribution in [1.82, 2.24) is 5.32 Å². The zero-order chi connectivity index (χ0) is 9.05. The maximum Gasteiger partial charge on any atom is 0.0657 e. The highest BCUT2D eigenvalue weighted by molar-refractivity contribution is 5.07. The molecule has 0 aromatic carbocycles. The van der Waals surface area contributed by atoms with Crippen LogP contribution in [-0.4, -0.2) is 23.8 Å². The van der Waals surface area contributed by atoms with E-state index in [4.69, 9.17) is 0 Å². The number of hydrogen-bond acceptors (Lipinski definition) is 2. The highest BCUT2D eigenvalue weighted by Gasteiger charge is 2.54. The van der Waals surface area contributed by atoms with Gasteiger partial charge in [0.1, 0.15) is 0 Å². The van der Waals surface area contributed by atoms with Gasteiger partial charge in [-0.25, -0.2) is 0 Å². The number of nitrogens with one attached hydrogen (secondary N) is 1. The van der Waals surface area contributed by atoms with E-state index in [1.165, 1.54) is 12.8 Å². The van der Waals surface area contributed by atoms with Gasteiger partial charge in [0.15, 0.2) is 0 Å². The maximum absolute atomic E-state index is 10.3. The number of aliphatic hydroxyl groups is 1. The van der Waals surface area contributed by atoms with Crippen LogP contribution in [0.2, 0.25) is 0 Å².